The SMILES string of the molecule is C=Cc1cc2c(Oc3ccccc3)nc(Cl)nn2c1. The van der Waals surface area contributed by atoms with Crippen LogP contribution in [-0.2, 0) is 0 Å². The quantitative estimate of drug-likeness (QED) is 0.727. The summed E-state index contributed by atoms with van der Waals surface area (Å²) in [6.45, 7) is 3.73. The molecule has 0 radical (unpaired) electrons. The molecule has 2 heterocycles. The molecule has 0 aliphatic rings. The Morgan fingerprint density at radius 2 is 2.05 bits per heavy atom. The molecule has 2 aromatic heterocycles. The second-order valence-corrected chi connectivity index (χ2v) is 4.25. The highest BCUT2D eigenvalue weighted by molar-refractivity contribution is 6.28. The molecule has 0 fully saturated rings. The van der Waals surface area contributed by atoms with E-state index in [1.54, 1.807) is 10.6 Å². The minimum absolute atomic E-state index is 0.129. The van der Waals surface area contributed by atoms with Crippen molar-refractivity contribution in [2.45, 2.75) is 0 Å². The first kappa shape index (κ1) is 11.7. The van der Waals surface area contributed by atoms with Gasteiger partial charge in [0.2, 0.25) is 11.2 Å². The number of nitrogens with zero attached hydrogens (tertiary/aromatic N) is 3. The van der Waals surface area contributed by atoms with Crippen LogP contribution in [0.15, 0.2) is 49.2 Å². The smallest absolute Gasteiger partial charge is 0.248 e. The topological polar surface area (TPSA) is 39.4 Å². The van der Waals surface area contributed by atoms with Crippen LogP contribution in [0.5, 0.6) is 11.6 Å². The van der Waals surface area contributed by atoms with Gasteiger partial charge in [-0.25, -0.2) is 4.52 Å². The lowest BCUT2D eigenvalue weighted by Gasteiger charge is -2.06. The Morgan fingerprint density at radius 1 is 1.26 bits per heavy atom. The van der Waals surface area contributed by atoms with Crippen molar-refractivity contribution in [3.63, 3.8) is 0 Å². The number of fused-ring (bicyclic) bond motifs is 1. The maximum absolute atomic E-state index is 5.89. The molecule has 4 nitrogen and oxygen atoms in total. The van der Waals surface area contributed by atoms with Crippen LogP contribution < -0.4 is 4.74 Å². The molecule has 94 valence electrons. The van der Waals surface area contributed by atoms with Gasteiger partial charge in [0.1, 0.15) is 11.3 Å². The van der Waals surface area contributed by atoms with Crippen molar-refractivity contribution in [3.8, 4) is 11.6 Å². The standard InChI is InChI=1S/C14H10ClN3O/c1-2-10-8-12-13(16-14(15)17-18(12)9-10)19-11-6-4-3-5-7-11/h2-9H,1H2. The molecule has 0 N–H and O–H groups in total. The first-order valence-corrected chi connectivity index (χ1v) is 6.05. The third-order valence-corrected chi connectivity index (χ3v) is 2.78. The number of para-hydroxylation sites is 1. The van der Waals surface area contributed by atoms with Crippen LogP contribution in [-0.4, -0.2) is 14.6 Å². The summed E-state index contributed by atoms with van der Waals surface area (Å²) in [5.41, 5.74) is 1.66. The molecule has 0 saturated carbocycles. The maximum Gasteiger partial charge on any atom is 0.248 e. The second kappa shape index (κ2) is 4.74. The third kappa shape index (κ3) is 2.30. The van der Waals surface area contributed by atoms with E-state index in [-0.39, 0.29) is 5.28 Å². The van der Waals surface area contributed by atoms with Gasteiger partial charge < -0.3 is 4.74 Å². The van der Waals surface area contributed by atoms with Gasteiger partial charge in [-0.1, -0.05) is 30.9 Å². The number of hydrogen-bond acceptors (Lipinski definition) is 3. The minimum atomic E-state index is 0.129. The van der Waals surface area contributed by atoms with E-state index >= 15 is 0 Å². The summed E-state index contributed by atoms with van der Waals surface area (Å²) in [4.78, 5) is 4.12. The Labute approximate surface area is 114 Å². The lowest BCUT2D eigenvalue weighted by Crippen LogP contribution is -1.97. The van der Waals surface area contributed by atoms with Gasteiger partial charge in [-0.05, 0) is 35.4 Å². The summed E-state index contributed by atoms with van der Waals surface area (Å²) in [5, 5.41) is 4.22. The van der Waals surface area contributed by atoms with Crippen molar-refractivity contribution in [1.82, 2.24) is 14.6 Å². The lowest BCUT2D eigenvalue weighted by molar-refractivity contribution is 0.463. The molecule has 0 spiro atoms. The summed E-state index contributed by atoms with van der Waals surface area (Å²) < 4.78 is 7.37. The molecule has 1 aromatic carbocycles. The molecule has 5 heteroatoms. The number of halogens is 1. The first-order chi connectivity index (χ1) is 9.26. The van der Waals surface area contributed by atoms with Gasteiger partial charge in [-0.15, -0.1) is 5.10 Å². The molecule has 0 unspecified atom stereocenters. The molecular weight excluding hydrogens is 262 g/mol. The third-order valence-electron chi connectivity index (χ3n) is 2.62. The van der Waals surface area contributed by atoms with E-state index in [4.69, 9.17) is 16.3 Å². The van der Waals surface area contributed by atoms with Crippen molar-refractivity contribution >= 4 is 23.2 Å². The Hall–Kier alpha value is -2.33. The van der Waals surface area contributed by atoms with Gasteiger partial charge in [0.05, 0.1) is 0 Å². The summed E-state index contributed by atoms with van der Waals surface area (Å²) in [6, 6.07) is 11.3. The van der Waals surface area contributed by atoms with Crippen molar-refractivity contribution in [1.29, 1.82) is 0 Å². The van der Waals surface area contributed by atoms with Gasteiger partial charge in [0, 0.05) is 6.20 Å². The van der Waals surface area contributed by atoms with E-state index in [9.17, 15) is 0 Å². The second-order valence-electron chi connectivity index (χ2n) is 3.91. The number of ether oxygens (including phenoxy) is 1. The van der Waals surface area contributed by atoms with E-state index in [1.807, 2.05) is 42.6 Å². The molecule has 3 rings (SSSR count). The molecule has 0 bridgehead atoms. The predicted octanol–water partition coefficient (Wildman–Crippen LogP) is 3.82. The van der Waals surface area contributed by atoms with Crippen LogP contribution in [0.1, 0.15) is 5.56 Å². The lowest BCUT2D eigenvalue weighted by atomic mass is 10.3. The Balaban J connectivity index is 2.11. The fourth-order valence-electron chi connectivity index (χ4n) is 1.75. The number of benzene rings is 1. The van der Waals surface area contributed by atoms with E-state index in [1.165, 1.54) is 0 Å². The summed E-state index contributed by atoms with van der Waals surface area (Å²) >= 11 is 5.89. The normalized spacial score (nSPS) is 10.6. The zero-order valence-electron chi connectivity index (χ0n) is 9.95. The van der Waals surface area contributed by atoms with Gasteiger partial charge in [-0.2, -0.15) is 4.98 Å². The minimum Gasteiger partial charge on any atom is -0.437 e. The van der Waals surface area contributed by atoms with Gasteiger partial charge >= 0.3 is 0 Å². The van der Waals surface area contributed by atoms with Gasteiger partial charge in [0.15, 0.2) is 0 Å². The average molecular weight is 272 g/mol. The van der Waals surface area contributed by atoms with Crippen LogP contribution in [0.4, 0.5) is 0 Å². The van der Waals surface area contributed by atoms with E-state index in [0.29, 0.717) is 11.6 Å². The van der Waals surface area contributed by atoms with Crippen LogP contribution in [0.2, 0.25) is 5.28 Å². The van der Waals surface area contributed by atoms with Crippen molar-refractivity contribution < 1.29 is 4.74 Å². The van der Waals surface area contributed by atoms with Crippen LogP contribution in [0, 0.1) is 0 Å². The average Bonchev–Trinajstić information content (AvgIpc) is 2.83. The van der Waals surface area contributed by atoms with Crippen LogP contribution >= 0.6 is 11.6 Å². The highest BCUT2D eigenvalue weighted by Crippen LogP contribution is 2.26. The monoisotopic (exact) mass is 271 g/mol. The first-order valence-electron chi connectivity index (χ1n) is 5.67. The highest BCUT2D eigenvalue weighted by atomic mass is 35.5. The van der Waals surface area contributed by atoms with E-state index in [0.717, 1.165) is 11.1 Å². The van der Waals surface area contributed by atoms with Crippen molar-refractivity contribution in [3.05, 3.63) is 60.0 Å². The predicted molar refractivity (Wildman–Crippen MR) is 74.6 cm³/mol. The zero-order valence-corrected chi connectivity index (χ0v) is 10.7. The van der Waals surface area contributed by atoms with Crippen LogP contribution in [0.25, 0.3) is 11.6 Å². The number of rotatable bonds is 3. The van der Waals surface area contributed by atoms with E-state index < -0.39 is 0 Å². The molecule has 0 amide bonds. The Morgan fingerprint density at radius 3 is 2.79 bits per heavy atom. The van der Waals surface area contributed by atoms with Gasteiger partial charge in [-0.3, -0.25) is 0 Å². The molecule has 3 aromatic rings. The zero-order chi connectivity index (χ0) is 13.2. The van der Waals surface area contributed by atoms with Crippen molar-refractivity contribution in [2.24, 2.45) is 0 Å². The van der Waals surface area contributed by atoms with E-state index in [2.05, 4.69) is 16.7 Å². The van der Waals surface area contributed by atoms with Crippen molar-refractivity contribution in [2.75, 3.05) is 0 Å². The number of hydrogen-bond donors (Lipinski definition) is 0. The summed E-state index contributed by atoms with van der Waals surface area (Å²) in [6.07, 6.45) is 3.54. The molecule has 0 saturated heterocycles. The maximum atomic E-state index is 5.89. The number of aromatic nitrogens is 3. The van der Waals surface area contributed by atoms with Crippen LogP contribution in [0.3, 0.4) is 0 Å². The summed E-state index contributed by atoms with van der Waals surface area (Å²) in [5.74, 6) is 1.11. The largest absolute Gasteiger partial charge is 0.437 e. The summed E-state index contributed by atoms with van der Waals surface area (Å²) in [7, 11) is 0. The molecule has 0 aliphatic heterocycles. The Kier molecular flexibility index (Phi) is 2.93. The van der Waals surface area contributed by atoms with Gasteiger partial charge in [0.25, 0.3) is 0 Å². The molecular formula is C14H10ClN3O. The molecule has 0 aliphatic carbocycles. The fraction of sp³-hybridized carbons (Fsp3) is 0. The molecule has 19 heavy (non-hydrogen) atoms. The fourth-order valence-corrected chi connectivity index (χ4v) is 1.91. The molecule has 0 atom stereocenters. The Bertz CT molecular complexity index is 737. The highest BCUT2D eigenvalue weighted by Gasteiger charge is 2.10.